The molecule has 0 aliphatic carbocycles. The Balaban J connectivity index is 2.14. The minimum absolute atomic E-state index is 0.205. The van der Waals surface area contributed by atoms with Crippen LogP contribution < -0.4 is 0 Å². The van der Waals surface area contributed by atoms with Crippen LogP contribution in [0.2, 0.25) is 0 Å². The van der Waals surface area contributed by atoms with Gasteiger partial charge in [-0.05, 0) is 25.0 Å². The average Bonchev–Trinajstić information content (AvgIpc) is 2.68. The average molecular weight is 363 g/mol. The van der Waals surface area contributed by atoms with Crippen LogP contribution in [0.25, 0.3) is 0 Å². The molecule has 4 heteroatoms. The van der Waals surface area contributed by atoms with Gasteiger partial charge in [0.05, 0.1) is 11.5 Å². The molecular weight excluding hydrogens is 328 g/mol. The van der Waals surface area contributed by atoms with Crippen molar-refractivity contribution in [2.45, 2.75) is 84.5 Å². The van der Waals surface area contributed by atoms with Crippen LogP contribution in [0.3, 0.4) is 0 Å². The van der Waals surface area contributed by atoms with E-state index in [0.29, 0.717) is 12.0 Å². The summed E-state index contributed by atoms with van der Waals surface area (Å²) in [5.74, 6) is -1.30. The maximum Gasteiger partial charge on any atom is 0.386 e. The number of unbranched alkanes of at least 4 members (excludes halogenated alkanes) is 8. The lowest BCUT2D eigenvalue weighted by molar-refractivity contribution is -0.238. The summed E-state index contributed by atoms with van der Waals surface area (Å²) in [7, 11) is 0. The van der Waals surface area contributed by atoms with Crippen LogP contribution in [-0.4, -0.2) is 11.9 Å². The molecule has 0 bridgehead atoms. The van der Waals surface area contributed by atoms with E-state index in [-0.39, 0.29) is 5.92 Å². The highest BCUT2D eigenvalue weighted by Gasteiger charge is 2.21. The molecule has 1 rings (SSSR count). The van der Waals surface area contributed by atoms with E-state index in [4.69, 9.17) is 4.89 Å². The van der Waals surface area contributed by atoms with Gasteiger partial charge in [0.2, 0.25) is 0 Å². The van der Waals surface area contributed by atoms with Gasteiger partial charge >= 0.3 is 11.9 Å². The number of carbonyl (C=O) groups is 2. The molecule has 0 fully saturated rings. The van der Waals surface area contributed by atoms with Crippen LogP contribution in [0.15, 0.2) is 30.3 Å². The Hall–Kier alpha value is -1.84. The van der Waals surface area contributed by atoms with E-state index in [1.54, 1.807) is 30.3 Å². The van der Waals surface area contributed by atoms with Crippen LogP contribution in [0, 0.1) is 5.92 Å². The van der Waals surface area contributed by atoms with E-state index < -0.39 is 11.9 Å². The third-order valence-corrected chi connectivity index (χ3v) is 4.69. The Morgan fingerprint density at radius 2 is 1.38 bits per heavy atom. The van der Waals surface area contributed by atoms with Crippen molar-refractivity contribution in [2.75, 3.05) is 0 Å². The van der Waals surface area contributed by atoms with Gasteiger partial charge in [-0.1, -0.05) is 89.8 Å². The summed E-state index contributed by atoms with van der Waals surface area (Å²) in [5.41, 5.74) is 0.368. The van der Waals surface area contributed by atoms with Crippen LogP contribution in [0.4, 0.5) is 0 Å². The maximum absolute atomic E-state index is 12.1. The van der Waals surface area contributed by atoms with Crippen LogP contribution in [0.1, 0.15) is 94.8 Å². The molecule has 4 nitrogen and oxygen atoms in total. The fraction of sp³-hybridized carbons (Fsp3) is 0.636. The Morgan fingerprint density at radius 3 is 1.96 bits per heavy atom. The van der Waals surface area contributed by atoms with Crippen LogP contribution in [-0.2, 0) is 14.6 Å². The maximum atomic E-state index is 12.1. The van der Waals surface area contributed by atoms with Crippen LogP contribution in [0.5, 0.6) is 0 Å². The number of rotatable bonds is 13. The number of hydrogen-bond donors (Lipinski definition) is 0. The molecule has 0 saturated heterocycles. The molecule has 1 aromatic carbocycles. The molecule has 0 saturated carbocycles. The first-order valence-electron chi connectivity index (χ1n) is 10.2. The molecule has 1 unspecified atom stereocenters. The molecule has 26 heavy (non-hydrogen) atoms. The molecule has 0 spiro atoms. The van der Waals surface area contributed by atoms with Crippen molar-refractivity contribution in [3.05, 3.63) is 35.9 Å². The predicted octanol–water partition coefficient (Wildman–Crippen LogP) is 6.25. The van der Waals surface area contributed by atoms with Gasteiger partial charge in [0.1, 0.15) is 0 Å². The Labute approximate surface area is 158 Å². The second-order valence-corrected chi connectivity index (χ2v) is 6.86. The smallest absolute Gasteiger partial charge is 0.247 e. The molecule has 0 amide bonds. The van der Waals surface area contributed by atoms with E-state index in [9.17, 15) is 9.59 Å². The van der Waals surface area contributed by atoms with Gasteiger partial charge in [-0.15, -0.1) is 0 Å². The number of carbonyl (C=O) groups excluding carboxylic acids is 2. The molecule has 0 heterocycles. The van der Waals surface area contributed by atoms with Gasteiger partial charge in [0.25, 0.3) is 0 Å². The van der Waals surface area contributed by atoms with Crippen molar-refractivity contribution in [2.24, 2.45) is 5.92 Å². The van der Waals surface area contributed by atoms with Crippen molar-refractivity contribution < 1.29 is 19.4 Å². The molecule has 0 radical (unpaired) electrons. The molecule has 0 aliphatic heterocycles. The molecule has 1 aromatic rings. The van der Waals surface area contributed by atoms with Gasteiger partial charge in [-0.2, -0.15) is 0 Å². The van der Waals surface area contributed by atoms with Gasteiger partial charge in [0.15, 0.2) is 0 Å². The van der Waals surface area contributed by atoms with E-state index >= 15 is 0 Å². The highest BCUT2D eigenvalue weighted by Crippen LogP contribution is 2.17. The Morgan fingerprint density at radius 1 is 0.808 bits per heavy atom. The van der Waals surface area contributed by atoms with Gasteiger partial charge in [0, 0.05) is 0 Å². The summed E-state index contributed by atoms with van der Waals surface area (Å²) in [6.07, 6.45) is 12.8. The van der Waals surface area contributed by atoms with Gasteiger partial charge in [-0.25, -0.2) is 19.4 Å². The lowest BCUT2D eigenvalue weighted by Crippen LogP contribution is -2.19. The lowest BCUT2D eigenvalue weighted by atomic mass is 9.98. The fourth-order valence-electron chi connectivity index (χ4n) is 2.96. The zero-order chi connectivity index (χ0) is 19.0. The number of benzene rings is 1. The molecule has 1 atom stereocenters. The second kappa shape index (κ2) is 14.3. The molecule has 0 N–H and O–H groups in total. The normalized spacial score (nSPS) is 11.8. The second-order valence-electron chi connectivity index (χ2n) is 6.86. The topological polar surface area (TPSA) is 52.6 Å². The quantitative estimate of drug-likeness (QED) is 0.236. The van der Waals surface area contributed by atoms with E-state index in [1.165, 1.54) is 44.9 Å². The summed E-state index contributed by atoms with van der Waals surface area (Å²) in [6, 6.07) is 8.51. The first-order valence-corrected chi connectivity index (χ1v) is 10.2. The molecule has 146 valence electrons. The van der Waals surface area contributed by atoms with Crippen LogP contribution >= 0.6 is 0 Å². The fourth-order valence-corrected chi connectivity index (χ4v) is 2.96. The first kappa shape index (κ1) is 22.2. The highest BCUT2D eigenvalue weighted by molar-refractivity contribution is 5.89. The zero-order valence-corrected chi connectivity index (χ0v) is 16.4. The van der Waals surface area contributed by atoms with Crippen molar-refractivity contribution >= 4 is 11.9 Å². The molecule has 0 aromatic heterocycles. The van der Waals surface area contributed by atoms with E-state index in [2.05, 4.69) is 11.8 Å². The third kappa shape index (κ3) is 9.59. The monoisotopic (exact) mass is 362 g/mol. The van der Waals surface area contributed by atoms with Gasteiger partial charge < -0.3 is 0 Å². The minimum Gasteiger partial charge on any atom is -0.247 e. The summed E-state index contributed by atoms with van der Waals surface area (Å²) in [4.78, 5) is 33.3. The van der Waals surface area contributed by atoms with Crippen molar-refractivity contribution in [1.82, 2.24) is 0 Å². The van der Waals surface area contributed by atoms with E-state index in [0.717, 1.165) is 19.3 Å². The van der Waals surface area contributed by atoms with Crippen molar-refractivity contribution in [3.63, 3.8) is 0 Å². The van der Waals surface area contributed by atoms with Crippen molar-refractivity contribution in [3.8, 4) is 0 Å². The predicted molar refractivity (Wildman–Crippen MR) is 104 cm³/mol. The summed E-state index contributed by atoms with van der Waals surface area (Å²) in [5, 5.41) is 0. The summed E-state index contributed by atoms with van der Waals surface area (Å²) in [6.45, 7) is 4.19. The SMILES string of the molecule is CCCCCCCCCCCC(CC)C(=O)OOC(=O)c1ccccc1. The third-order valence-electron chi connectivity index (χ3n) is 4.69. The van der Waals surface area contributed by atoms with Crippen molar-refractivity contribution in [1.29, 1.82) is 0 Å². The largest absolute Gasteiger partial charge is 0.386 e. The molecular formula is C22H34O4. The standard InChI is InChI=1S/C22H34O4/c1-3-5-6-7-8-9-10-11-13-16-19(4-2)21(23)25-26-22(24)20-17-14-12-15-18-20/h12,14-15,17-19H,3-11,13,16H2,1-2H3. The summed E-state index contributed by atoms with van der Waals surface area (Å²) < 4.78 is 0. The van der Waals surface area contributed by atoms with E-state index in [1.807, 2.05) is 6.92 Å². The highest BCUT2D eigenvalue weighted by atomic mass is 17.2. The minimum atomic E-state index is -0.642. The Kier molecular flexibility index (Phi) is 12.2. The van der Waals surface area contributed by atoms with Gasteiger partial charge in [-0.3, -0.25) is 0 Å². The molecule has 0 aliphatic rings. The lowest BCUT2D eigenvalue weighted by Gasteiger charge is -2.12. The zero-order valence-electron chi connectivity index (χ0n) is 16.4. The Bertz CT molecular complexity index is 498. The first-order chi connectivity index (χ1) is 12.7. The summed E-state index contributed by atoms with van der Waals surface area (Å²) >= 11 is 0. The number of hydrogen-bond acceptors (Lipinski definition) is 4.